The maximum Gasteiger partial charge on any atom is 0.274 e. The van der Waals surface area contributed by atoms with Gasteiger partial charge in [0.25, 0.3) is 11.4 Å². The van der Waals surface area contributed by atoms with Gasteiger partial charge >= 0.3 is 0 Å². The summed E-state index contributed by atoms with van der Waals surface area (Å²) in [6, 6.07) is 8.22. The SMILES string of the molecule is COc1cc([N+](=O)[O-])cc(/C=N/Nc2nc(-c3ccc([N+](=O)[O-])cc3)cs2)c1O. The summed E-state index contributed by atoms with van der Waals surface area (Å²) in [5, 5.41) is 37.9. The first kappa shape index (κ1) is 19.7. The van der Waals surface area contributed by atoms with Gasteiger partial charge in [-0.1, -0.05) is 0 Å². The number of phenols is 1. The Labute approximate surface area is 167 Å². The molecule has 0 saturated carbocycles. The minimum absolute atomic E-state index is 0.0147. The van der Waals surface area contributed by atoms with E-state index in [0.29, 0.717) is 16.4 Å². The number of anilines is 1. The number of ether oxygens (including phenoxy) is 1. The quantitative estimate of drug-likeness (QED) is 0.336. The maximum absolute atomic E-state index is 11.0. The van der Waals surface area contributed by atoms with Crippen molar-refractivity contribution in [2.75, 3.05) is 12.5 Å². The van der Waals surface area contributed by atoms with Crippen molar-refractivity contribution in [3.63, 3.8) is 0 Å². The third-order valence-corrected chi connectivity index (χ3v) is 4.51. The number of nitro benzene ring substituents is 2. The van der Waals surface area contributed by atoms with Gasteiger partial charge in [-0.2, -0.15) is 5.10 Å². The number of benzene rings is 2. The number of non-ortho nitro benzene ring substituents is 2. The van der Waals surface area contributed by atoms with Crippen LogP contribution in [0.1, 0.15) is 5.56 Å². The number of hydrazone groups is 1. The fraction of sp³-hybridized carbons (Fsp3) is 0.0588. The second-order valence-corrected chi connectivity index (χ2v) is 6.41. The third-order valence-electron chi connectivity index (χ3n) is 3.76. The number of aromatic hydroxyl groups is 1. The molecule has 2 N–H and O–H groups in total. The monoisotopic (exact) mass is 415 g/mol. The maximum atomic E-state index is 11.0. The summed E-state index contributed by atoms with van der Waals surface area (Å²) in [4.78, 5) is 24.9. The van der Waals surface area contributed by atoms with Crippen molar-refractivity contribution in [3.05, 3.63) is 67.6 Å². The van der Waals surface area contributed by atoms with Crippen LogP contribution in [0.25, 0.3) is 11.3 Å². The average Bonchev–Trinajstić information content (AvgIpc) is 3.18. The molecule has 0 spiro atoms. The Balaban J connectivity index is 1.76. The van der Waals surface area contributed by atoms with E-state index in [1.165, 1.54) is 36.8 Å². The van der Waals surface area contributed by atoms with Crippen LogP contribution in [0.5, 0.6) is 11.5 Å². The van der Waals surface area contributed by atoms with Crippen molar-refractivity contribution in [2.45, 2.75) is 0 Å². The summed E-state index contributed by atoms with van der Waals surface area (Å²) in [5.74, 6) is -0.329. The molecule has 0 bridgehead atoms. The molecular formula is C17H13N5O6S. The Bertz CT molecular complexity index is 1100. The number of rotatable bonds is 7. The van der Waals surface area contributed by atoms with E-state index in [0.717, 1.165) is 12.1 Å². The van der Waals surface area contributed by atoms with Crippen molar-refractivity contribution in [2.24, 2.45) is 5.10 Å². The molecule has 3 rings (SSSR count). The highest BCUT2D eigenvalue weighted by Crippen LogP contribution is 2.33. The van der Waals surface area contributed by atoms with Crippen LogP contribution in [0.15, 0.2) is 46.9 Å². The number of nitro groups is 2. The normalized spacial score (nSPS) is 10.8. The lowest BCUT2D eigenvalue weighted by atomic mass is 10.1. The third kappa shape index (κ3) is 4.44. The fourth-order valence-electron chi connectivity index (χ4n) is 2.34. The molecule has 0 unspecified atom stereocenters. The minimum Gasteiger partial charge on any atom is -0.504 e. The van der Waals surface area contributed by atoms with E-state index in [2.05, 4.69) is 15.5 Å². The predicted molar refractivity (Wildman–Crippen MR) is 107 cm³/mol. The number of methoxy groups -OCH3 is 1. The molecule has 29 heavy (non-hydrogen) atoms. The van der Waals surface area contributed by atoms with Crippen molar-refractivity contribution in [1.82, 2.24) is 4.98 Å². The summed E-state index contributed by atoms with van der Waals surface area (Å²) in [7, 11) is 1.28. The van der Waals surface area contributed by atoms with E-state index in [-0.39, 0.29) is 28.4 Å². The van der Waals surface area contributed by atoms with Crippen LogP contribution in [-0.4, -0.2) is 33.3 Å². The standard InChI is InChI=1S/C17H13N5O6S/c1-28-15-7-13(22(26)27)6-11(16(15)23)8-18-20-17-19-14(9-29-17)10-2-4-12(5-3-10)21(24)25/h2-9,23H,1H3,(H,19,20)/b18-8+. The van der Waals surface area contributed by atoms with Gasteiger partial charge in [0.15, 0.2) is 11.5 Å². The Morgan fingerprint density at radius 2 is 1.86 bits per heavy atom. The highest BCUT2D eigenvalue weighted by molar-refractivity contribution is 7.14. The smallest absolute Gasteiger partial charge is 0.274 e. The molecule has 12 heteroatoms. The summed E-state index contributed by atoms with van der Waals surface area (Å²) < 4.78 is 4.93. The predicted octanol–water partition coefficient (Wildman–Crippen LogP) is 3.79. The summed E-state index contributed by atoms with van der Waals surface area (Å²) in [6.07, 6.45) is 1.21. The van der Waals surface area contributed by atoms with E-state index in [1.807, 2.05) is 0 Å². The van der Waals surface area contributed by atoms with Crippen LogP contribution in [0, 0.1) is 20.2 Å². The fourth-order valence-corrected chi connectivity index (χ4v) is 3.01. The van der Waals surface area contributed by atoms with Gasteiger partial charge < -0.3 is 9.84 Å². The molecule has 0 radical (unpaired) electrons. The highest BCUT2D eigenvalue weighted by atomic mass is 32.1. The first-order valence-electron chi connectivity index (χ1n) is 7.94. The molecule has 1 heterocycles. The zero-order chi connectivity index (χ0) is 21.0. The van der Waals surface area contributed by atoms with Crippen LogP contribution < -0.4 is 10.2 Å². The van der Waals surface area contributed by atoms with Crippen LogP contribution in [0.3, 0.4) is 0 Å². The van der Waals surface area contributed by atoms with E-state index < -0.39 is 9.85 Å². The lowest BCUT2D eigenvalue weighted by Crippen LogP contribution is -1.96. The summed E-state index contributed by atoms with van der Waals surface area (Å²) >= 11 is 1.24. The Morgan fingerprint density at radius 1 is 1.17 bits per heavy atom. The van der Waals surface area contributed by atoms with Crippen molar-refractivity contribution in [3.8, 4) is 22.8 Å². The lowest BCUT2D eigenvalue weighted by molar-refractivity contribution is -0.385. The van der Waals surface area contributed by atoms with E-state index in [9.17, 15) is 25.3 Å². The second-order valence-electron chi connectivity index (χ2n) is 5.55. The van der Waals surface area contributed by atoms with Gasteiger partial charge in [-0.15, -0.1) is 11.3 Å². The Hall–Kier alpha value is -4.06. The molecule has 2 aromatic carbocycles. The van der Waals surface area contributed by atoms with Crippen LogP contribution in [0.4, 0.5) is 16.5 Å². The summed E-state index contributed by atoms with van der Waals surface area (Å²) in [5.41, 5.74) is 3.80. The first-order chi connectivity index (χ1) is 13.9. The lowest BCUT2D eigenvalue weighted by Gasteiger charge is -2.05. The van der Waals surface area contributed by atoms with Gasteiger partial charge in [0, 0.05) is 34.7 Å². The molecular weight excluding hydrogens is 402 g/mol. The number of nitrogens with one attached hydrogen (secondary N) is 1. The average molecular weight is 415 g/mol. The summed E-state index contributed by atoms with van der Waals surface area (Å²) in [6.45, 7) is 0. The Morgan fingerprint density at radius 3 is 2.48 bits per heavy atom. The molecule has 0 aliphatic rings. The molecule has 11 nitrogen and oxygen atoms in total. The number of phenolic OH excluding ortho intramolecular Hbond substituents is 1. The zero-order valence-corrected chi connectivity index (χ0v) is 15.6. The second kappa shape index (κ2) is 8.31. The molecule has 0 amide bonds. The van der Waals surface area contributed by atoms with Crippen LogP contribution >= 0.6 is 11.3 Å². The molecule has 0 atom stereocenters. The van der Waals surface area contributed by atoms with Gasteiger partial charge in [0.1, 0.15) is 0 Å². The topological polar surface area (TPSA) is 153 Å². The van der Waals surface area contributed by atoms with Gasteiger partial charge in [-0.3, -0.25) is 25.7 Å². The van der Waals surface area contributed by atoms with Crippen molar-refractivity contribution >= 4 is 34.1 Å². The number of thiazole rings is 1. The van der Waals surface area contributed by atoms with Crippen molar-refractivity contribution in [1.29, 1.82) is 0 Å². The highest BCUT2D eigenvalue weighted by Gasteiger charge is 2.16. The molecule has 0 fully saturated rings. The molecule has 1 aromatic heterocycles. The molecule has 0 saturated heterocycles. The van der Waals surface area contributed by atoms with Gasteiger partial charge in [0.05, 0.1) is 34.9 Å². The number of aromatic nitrogens is 1. The van der Waals surface area contributed by atoms with Gasteiger partial charge in [0.2, 0.25) is 5.13 Å². The molecule has 0 aliphatic carbocycles. The van der Waals surface area contributed by atoms with E-state index >= 15 is 0 Å². The zero-order valence-electron chi connectivity index (χ0n) is 14.8. The van der Waals surface area contributed by atoms with Crippen molar-refractivity contribution < 1.29 is 19.7 Å². The first-order valence-corrected chi connectivity index (χ1v) is 8.82. The van der Waals surface area contributed by atoms with Gasteiger partial charge in [-0.05, 0) is 12.1 Å². The number of hydrogen-bond donors (Lipinski definition) is 2. The number of nitrogens with zero attached hydrogens (tertiary/aromatic N) is 4. The molecule has 0 aliphatic heterocycles. The Kier molecular flexibility index (Phi) is 5.64. The molecule has 148 valence electrons. The van der Waals surface area contributed by atoms with Gasteiger partial charge in [-0.25, -0.2) is 4.98 Å². The molecule has 3 aromatic rings. The minimum atomic E-state index is -0.607. The van der Waals surface area contributed by atoms with E-state index in [1.54, 1.807) is 17.5 Å². The van der Waals surface area contributed by atoms with Crippen LogP contribution in [-0.2, 0) is 0 Å². The largest absolute Gasteiger partial charge is 0.504 e. The van der Waals surface area contributed by atoms with Crippen LogP contribution in [0.2, 0.25) is 0 Å². The van der Waals surface area contributed by atoms with E-state index in [4.69, 9.17) is 4.74 Å². The number of hydrogen-bond acceptors (Lipinski definition) is 10.